The monoisotopic (exact) mass is 478 g/mol. The third kappa shape index (κ3) is 4.13. The standard InChI is InChI=1S/C22H18ClF3N4O3/c1-10(31)30-8-18-20(12-6-16(25)17(26)7-13(12)21(32)28-18)19(9-30)29(2)22(33)27-11-3-4-15(24)14(23)5-11/h3-7,19H,8-9H2,1-2H3,(H,27,33)(H,28,32). The molecular formula is C22H18ClF3N4O3. The number of anilines is 1. The molecule has 172 valence electrons. The van der Waals surface area contributed by atoms with Gasteiger partial charge in [-0.25, -0.2) is 18.0 Å². The van der Waals surface area contributed by atoms with E-state index in [-0.39, 0.29) is 40.5 Å². The number of pyridine rings is 1. The molecule has 11 heteroatoms. The normalized spacial score (nSPS) is 15.3. The van der Waals surface area contributed by atoms with Gasteiger partial charge in [0, 0.05) is 37.5 Å². The number of aromatic amines is 1. The Morgan fingerprint density at radius 2 is 1.79 bits per heavy atom. The maximum Gasteiger partial charge on any atom is 0.322 e. The van der Waals surface area contributed by atoms with Crippen LogP contribution in [0.15, 0.2) is 35.1 Å². The fourth-order valence-electron chi connectivity index (χ4n) is 3.94. The molecule has 2 N–H and O–H groups in total. The summed E-state index contributed by atoms with van der Waals surface area (Å²) in [5.41, 5.74) is 0.308. The molecule has 7 nitrogen and oxygen atoms in total. The molecule has 0 aliphatic carbocycles. The SMILES string of the molecule is CC(=O)N1Cc2[nH]c(=O)c3cc(F)c(F)cc3c2C(N(C)C(=O)Nc2ccc(F)c(Cl)c2)C1. The number of hydrogen-bond acceptors (Lipinski definition) is 3. The van der Waals surface area contributed by atoms with Crippen molar-refractivity contribution in [1.29, 1.82) is 0 Å². The van der Waals surface area contributed by atoms with E-state index in [2.05, 4.69) is 10.3 Å². The van der Waals surface area contributed by atoms with Gasteiger partial charge in [-0.1, -0.05) is 11.6 Å². The van der Waals surface area contributed by atoms with Gasteiger partial charge in [-0.05, 0) is 35.7 Å². The summed E-state index contributed by atoms with van der Waals surface area (Å²) >= 11 is 5.77. The van der Waals surface area contributed by atoms with Gasteiger partial charge in [0.05, 0.1) is 23.0 Å². The van der Waals surface area contributed by atoms with Crippen molar-refractivity contribution >= 4 is 40.0 Å². The first-order valence-corrected chi connectivity index (χ1v) is 10.2. The minimum absolute atomic E-state index is 0.0361. The number of benzene rings is 2. The van der Waals surface area contributed by atoms with Gasteiger partial charge in [0.2, 0.25) is 5.91 Å². The lowest BCUT2D eigenvalue weighted by Gasteiger charge is -2.39. The van der Waals surface area contributed by atoms with Crippen LogP contribution >= 0.6 is 11.6 Å². The quantitative estimate of drug-likeness (QED) is 0.580. The number of likely N-dealkylation sites (N-methyl/N-ethyl adjacent to an activating group) is 1. The van der Waals surface area contributed by atoms with Crippen molar-refractivity contribution in [3.63, 3.8) is 0 Å². The van der Waals surface area contributed by atoms with E-state index in [1.165, 1.54) is 35.9 Å². The van der Waals surface area contributed by atoms with Crippen LogP contribution in [0.2, 0.25) is 5.02 Å². The molecule has 0 saturated heterocycles. The fraction of sp³-hybridized carbons (Fsp3) is 0.227. The number of amides is 3. The molecule has 0 radical (unpaired) electrons. The molecule has 3 amide bonds. The number of aromatic nitrogens is 1. The van der Waals surface area contributed by atoms with E-state index in [9.17, 15) is 27.6 Å². The Labute approximate surface area is 190 Å². The Hall–Kier alpha value is -3.53. The molecule has 1 unspecified atom stereocenters. The number of rotatable bonds is 2. The smallest absolute Gasteiger partial charge is 0.322 e. The van der Waals surface area contributed by atoms with E-state index in [1.54, 1.807) is 0 Å². The minimum atomic E-state index is -1.18. The number of nitrogens with zero attached hydrogens (tertiary/aromatic N) is 2. The third-order valence-electron chi connectivity index (χ3n) is 5.66. The second kappa shape index (κ2) is 8.43. The van der Waals surface area contributed by atoms with Crippen molar-refractivity contribution in [3.05, 3.63) is 74.4 Å². The molecule has 2 aromatic carbocycles. The Morgan fingerprint density at radius 1 is 1.12 bits per heavy atom. The van der Waals surface area contributed by atoms with Crippen LogP contribution < -0.4 is 10.9 Å². The lowest BCUT2D eigenvalue weighted by molar-refractivity contribution is -0.130. The Kier molecular flexibility index (Phi) is 5.79. The van der Waals surface area contributed by atoms with Crippen LogP contribution in [-0.2, 0) is 11.3 Å². The summed E-state index contributed by atoms with van der Waals surface area (Å²) in [7, 11) is 1.45. The number of halogens is 4. The predicted octanol–water partition coefficient (Wildman–Crippen LogP) is 4.17. The van der Waals surface area contributed by atoms with Crippen LogP contribution in [0.4, 0.5) is 23.7 Å². The van der Waals surface area contributed by atoms with Crippen molar-refractivity contribution in [3.8, 4) is 0 Å². The topological polar surface area (TPSA) is 85.5 Å². The highest BCUT2D eigenvalue weighted by Crippen LogP contribution is 2.35. The van der Waals surface area contributed by atoms with Gasteiger partial charge in [0.15, 0.2) is 11.6 Å². The number of carbonyl (C=O) groups is 2. The summed E-state index contributed by atoms with van der Waals surface area (Å²) in [4.78, 5) is 42.9. The van der Waals surface area contributed by atoms with Crippen molar-refractivity contribution in [2.45, 2.75) is 19.5 Å². The van der Waals surface area contributed by atoms with E-state index in [1.807, 2.05) is 0 Å². The average Bonchev–Trinajstić information content (AvgIpc) is 2.76. The lowest BCUT2D eigenvalue weighted by atomic mass is 9.93. The van der Waals surface area contributed by atoms with Gasteiger partial charge in [0.25, 0.3) is 5.56 Å². The van der Waals surface area contributed by atoms with Crippen LogP contribution in [0.5, 0.6) is 0 Å². The van der Waals surface area contributed by atoms with Crippen LogP contribution in [0, 0.1) is 17.5 Å². The van der Waals surface area contributed by atoms with Gasteiger partial charge in [0.1, 0.15) is 5.82 Å². The van der Waals surface area contributed by atoms with E-state index in [0.29, 0.717) is 11.3 Å². The van der Waals surface area contributed by atoms with Crippen LogP contribution in [0.3, 0.4) is 0 Å². The van der Waals surface area contributed by atoms with E-state index in [4.69, 9.17) is 11.6 Å². The maximum atomic E-state index is 14.1. The van der Waals surface area contributed by atoms with Crippen molar-refractivity contribution in [2.75, 3.05) is 18.9 Å². The second-order valence-corrected chi connectivity index (χ2v) is 8.15. The van der Waals surface area contributed by atoms with Crippen molar-refractivity contribution < 1.29 is 22.8 Å². The molecule has 1 aliphatic heterocycles. The first kappa shape index (κ1) is 22.7. The molecule has 1 aliphatic rings. The largest absolute Gasteiger partial charge is 0.335 e. The molecule has 0 saturated carbocycles. The summed E-state index contributed by atoms with van der Waals surface area (Å²) in [5, 5.41) is 2.48. The molecule has 0 bridgehead atoms. The van der Waals surface area contributed by atoms with Crippen molar-refractivity contribution in [1.82, 2.24) is 14.8 Å². The van der Waals surface area contributed by atoms with Crippen molar-refractivity contribution in [2.24, 2.45) is 0 Å². The van der Waals surface area contributed by atoms with Gasteiger partial charge in [-0.3, -0.25) is 9.59 Å². The molecule has 0 fully saturated rings. The van der Waals surface area contributed by atoms with Gasteiger partial charge in [-0.15, -0.1) is 0 Å². The van der Waals surface area contributed by atoms with Crippen LogP contribution in [0.25, 0.3) is 10.8 Å². The number of hydrogen-bond donors (Lipinski definition) is 2. The molecule has 1 aromatic heterocycles. The Morgan fingerprint density at radius 3 is 2.42 bits per heavy atom. The highest BCUT2D eigenvalue weighted by atomic mass is 35.5. The average molecular weight is 479 g/mol. The summed E-state index contributed by atoms with van der Waals surface area (Å²) in [6.45, 7) is 1.43. The number of carbonyl (C=O) groups excluding carboxylic acids is 2. The van der Waals surface area contributed by atoms with Crippen LogP contribution in [-0.4, -0.2) is 40.3 Å². The first-order chi connectivity index (χ1) is 15.6. The van der Waals surface area contributed by atoms with Gasteiger partial charge >= 0.3 is 6.03 Å². The predicted molar refractivity (Wildman–Crippen MR) is 117 cm³/mol. The summed E-state index contributed by atoms with van der Waals surface area (Å²) in [6, 6.07) is 3.96. The second-order valence-electron chi connectivity index (χ2n) is 7.74. The summed E-state index contributed by atoms with van der Waals surface area (Å²) in [5.74, 6) is -3.26. The summed E-state index contributed by atoms with van der Waals surface area (Å²) < 4.78 is 41.4. The molecule has 3 aromatic rings. The zero-order valence-corrected chi connectivity index (χ0v) is 18.3. The van der Waals surface area contributed by atoms with E-state index < -0.39 is 35.1 Å². The Balaban J connectivity index is 1.80. The highest BCUT2D eigenvalue weighted by Gasteiger charge is 2.34. The number of nitrogens with one attached hydrogen (secondary N) is 2. The maximum absolute atomic E-state index is 14.1. The van der Waals surface area contributed by atoms with E-state index in [0.717, 1.165) is 18.2 Å². The fourth-order valence-corrected chi connectivity index (χ4v) is 4.12. The summed E-state index contributed by atoms with van der Waals surface area (Å²) in [6.07, 6.45) is 0. The number of fused-ring (bicyclic) bond motifs is 3. The minimum Gasteiger partial charge on any atom is -0.335 e. The molecule has 4 rings (SSSR count). The molecule has 1 atom stereocenters. The zero-order chi connectivity index (χ0) is 24.0. The van der Waals surface area contributed by atoms with Gasteiger partial charge < -0.3 is 20.1 Å². The van der Waals surface area contributed by atoms with Crippen LogP contribution in [0.1, 0.15) is 24.2 Å². The number of urea groups is 1. The molecule has 33 heavy (non-hydrogen) atoms. The third-order valence-corrected chi connectivity index (χ3v) is 5.95. The first-order valence-electron chi connectivity index (χ1n) is 9.85. The molecular weight excluding hydrogens is 461 g/mol. The lowest BCUT2D eigenvalue weighted by Crippen LogP contribution is -2.46. The molecule has 0 spiro atoms. The van der Waals surface area contributed by atoms with Gasteiger partial charge in [-0.2, -0.15) is 0 Å². The zero-order valence-electron chi connectivity index (χ0n) is 17.5. The molecule has 2 heterocycles. The van der Waals surface area contributed by atoms with E-state index >= 15 is 0 Å². The highest BCUT2D eigenvalue weighted by molar-refractivity contribution is 6.31. The number of H-pyrrole nitrogens is 1. The Bertz CT molecular complexity index is 1360.